The van der Waals surface area contributed by atoms with E-state index in [0.29, 0.717) is 49.2 Å². The van der Waals surface area contributed by atoms with Crippen molar-refractivity contribution in [3.63, 3.8) is 0 Å². The summed E-state index contributed by atoms with van der Waals surface area (Å²) in [5.41, 5.74) is 0.659. The van der Waals surface area contributed by atoms with E-state index in [1.807, 2.05) is 4.90 Å². The second kappa shape index (κ2) is 6.70. The average molecular weight is 342 g/mol. The molecule has 2 aromatic rings. The summed E-state index contributed by atoms with van der Waals surface area (Å²) in [7, 11) is 0. The van der Waals surface area contributed by atoms with E-state index in [0.717, 1.165) is 12.8 Å². The molecule has 2 aliphatic heterocycles. The van der Waals surface area contributed by atoms with Gasteiger partial charge in [0.1, 0.15) is 19.0 Å². The molecule has 1 fully saturated rings. The number of ether oxygens (including phenoxy) is 2. The number of nitrogens with zero attached hydrogens (tertiary/aromatic N) is 2. The third-order valence-electron chi connectivity index (χ3n) is 4.72. The fourth-order valence-electron chi connectivity index (χ4n) is 3.38. The number of carbonyl (C=O) groups excluding carboxylic acids is 1. The summed E-state index contributed by atoms with van der Waals surface area (Å²) in [6, 6.07) is 10.2. The summed E-state index contributed by atoms with van der Waals surface area (Å²) in [4.78, 5) is 18.7. The normalized spacial score (nSPS) is 17.4. The molecule has 0 bridgehead atoms. The first-order chi connectivity index (χ1) is 12.2. The standard InChI is InChI=1S/C19H19FN2O3/c20-17-2-1-3-18(21-17)22-8-6-13(7-9-22)19(23)14-4-5-15-16(12-14)25-11-10-24-15/h1-5,12-13H,6-11H2. The quantitative estimate of drug-likeness (QED) is 0.634. The highest BCUT2D eigenvalue weighted by Crippen LogP contribution is 2.33. The van der Waals surface area contributed by atoms with Crippen molar-refractivity contribution in [2.75, 3.05) is 31.2 Å². The number of hydrogen-bond acceptors (Lipinski definition) is 5. The van der Waals surface area contributed by atoms with Crippen LogP contribution in [0.15, 0.2) is 36.4 Å². The Hall–Kier alpha value is -2.63. The molecule has 25 heavy (non-hydrogen) atoms. The van der Waals surface area contributed by atoms with E-state index < -0.39 is 5.95 Å². The molecule has 0 saturated carbocycles. The second-order valence-corrected chi connectivity index (χ2v) is 6.30. The van der Waals surface area contributed by atoms with E-state index in [-0.39, 0.29) is 11.7 Å². The molecule has 2 aliphatic rings. The van der Waals surface area contributed by atoms with Crippen LogP contribution >= 0.6 is 0 Å². The van der Waals surface area contributed by atoms with E-state index in [2.05, 4.69) is 4.98 Å². The van der Waals surface area contributed by atoms with Gasteiger partial charge in [-0.3, -0.25) is 4.79 Å². The maximum atomic E-state index is 13.3. The molecule has 130 valence electrons. The SMILES string of the molecule is O=C(c1ccc2c(c1)OCCO2)C1CCN(c2cccc(F)n2)CC1. The number of ketones is 1. The van der Waals surface area contributed by atoms with Gasteiger partial charge in [0.2, 0.25) is 5.95 Å². The average Bonchev–Trinajstić information content (AvgIpc) is 2.67. The van der Waals surface area contributed by atoms with Crippen molar-refractivity contribution in [1.29, 1.82) is 0 Å². The fourth-order valence-corrected chi connectivity index (χ4v) is 3.38. The van der Waals surface area contributed by atoms with Crippen LogP contribution in [0, 0.1) is 11.9 Å². The summed E-state index contributed by atoms with van der Waals surface area (Å²) < 4.78 is 24.3. The summed E-state index contributed by atoms with van der Waals surface area (Å²) >= 11 is 0. The van der Waals surface area contributed by atoms with Crippen LogP contribution in [-0.2, 0) is 0 Å². The Labute approximate surface area is 145 Å². The Morgan fingerprint density at radius 1 is 1.08 bits per heavy atom. The van der Waals surface area contributed by atoms with Gasteiger partial charge in [0.15, 0.2) is 17.3 Å². The molecule has 0 spiro atoms. The first kappa shape index (κ1) is 15.9. The smallest absolute Gasteiger partial charge is 0.214 e. The topological polar surface area (TPSA) is 51.7 Å². The van der Waals surface area contributed by atoms with E-state index >= 15 is 0 Å². The molecule has 0 atom stereocenters. The van der Waals surface area contributed by atoms with Crippen molar-refractivity contribution < 1.29 is 18.7 Å². The van der Waals surface area contributed by atoms with Crippen molar-refractivity contribution in [3.8, 4) is 11.5 Å². The zero-order chi connectivity index (χ0) is 17.2. The summed E-state index contributed by atoms with van der Waals surface area (Å²) in [5, 5.41) is 0. The monoisotopic (exact) mass is 342 g/mol. The Balaban J connectivity index is 1.43. The number of aromatic nitrogens is 1. The third-order valence-corrected chi connectivity index (χ3v) is 4.72. The van der Waals surface area contributed by atoms with Crippen LogP contribution in [0.1, 0.15) is 23.2 Å². The molecule has 1 aromatic heterocycles. The lowest BCUT2D eigenvalue weighted by Crippen LogP contribution is -2.37. The summed E-state index contributed by atoms with van der Waals surface area (Å²) in [6.45, 7) is 2.42. The van der Waals surface area contributed by atoms with E-state index in [9.17, 15) is 9.18 Å². The number of benzene rings is 1. The van der Waals surface area contributed by atoms with Crippen LogP contribution in [0.4, 0.5) is 10.2 Å². The van der Waals surface area contributed by atoms with Crippen LogP contribution in [0.25, 0.3) is 0 Å². The number of halogens is 1. The number of fused-ring (bicyclic) bond motifs is 1. The first-order valence-electron chi connectivity index (χ1n) is 8.52. The van der Waals surface area contributed by atoms with Crippen LogP contribution in [0.5, 0.6) is 11.5 Å². The number of rotatable bonds is 3. The van der Waals surface area contributed by atoms with Gasteiger partial charge in [-0.25, -0.2) is 4.98 Å². The van der Waals surface area contributed by atoms with Crippen LogP contribution in [0.3, 0.4) is 0 Å². The zero-order valence-electron chi connectivity index (χ0n) is 13.8. The van der Waals surface area contributed by atoms with Crippen LogP contribution in [0.2, 0.25) is 0 Å². The summed E-state index contributed by atoms with van der Waals surface area (Å²) in [6.07, 6.45) is 1.46. The fraction of sp³-hybridized carbons (Fsp3) is 0.368. The first-order valence-corrected chi connectivity index (χ1v) is 8.52. The lowest BCUT2D eigenvalue weighted by atomic mass is 9.88. The third kappa shape index (κ3) is 3.29. The van der Waals surface area contributed by atoms with Gasteiger partial charge in [-0.05, 0) is 43.2 Å². The lowest BCUT2D eigenvalue weighted by molar-refractivity contribution is 0.0899. The minimum Gasteiger partial charge on any atom is -0.486 e. The molecule has 0 aliphatic carbocycles. The highest BCUT2D eigenvalue weighted by molar-refractivity contribution is 5.98. The van der Waals surface area contributed by atoms with Gasteiger partial charge in [0, 0.05) is 24.6 Å². The zero-order valence-corrected chi connectivity index (χ0v) is 13.8. The molecule has 6 heteroatoms. The highest BCUT2D eigenvalue weighted by Gasteiger charge is 2.27. The molecule has 0 N–H and O–H groups in total. The number of carbonyl (C=O) groups is 1. The van der Waals surface area contributed by atoms with Crippen molar-refractivity contribution in [2.45, 2.75) is 12.8 Å². The van der Waals surface area contributed by atoms with E-state index in [1.54, 1.807) is 30.3 Å². The predicted octanol–water partition coefficient (Wildman–Crippen LogP) is 3.09. The van der Waals surface area contributed by atoms with E-state index in [1.165, 1.54) is 6.07 Å². The maximum Gasteiger partial charge on any atom is 0.214 e. The van der Waals surface area contributed by atoms with Gasteiger partial charge >= 0.3 is 0 Å². The van der Waals surface area contributed by atoms with Crippen molar-refractivity contribution in [1.82, 2.24) is 4.98 Å². The minimum absolute atomic E-state index is 0.0348. The minimum atomic E-state index is -0.480. The molecule has 0 amide bonds. The maximum absolute atomic E-state index is 13.3. The van der Waals surface area contributed by atoms with Crippen molar-refractivity contribution in [3.05, 3.63) is 47.9 Å². The van der Waals surface area contributed by atoms with Gasteiger partial charge in [0.25, 0.3) is 0 Å². The second-order valence-electron chi connectivity index (χ2n) is 6.30. The van der Waals surface area contributed by atoms with Crippen molar-refractivity contribution in [2.24, 2.45) is 5.92 Å². The Bertz CT molecular complexity index is 788. The summed E-state index contributed by atoms with van der Waals surface area (Å²) in [5.74, 6) is 1.57. The number of hydrogen-bond donors (Lipinski definition) is 0. The molecule has 0 unspecified atom stereocenters. The molecule has 5 nitrogen and oxygen atoms in total. The Morgan fingerprint density at radius 2 is 1.84 bits per heavy atom. The lowest BCUT2D eigenvalue weighted by Gasteiger charge is -2.32. The molecule has 4 rings (SSSR count). The van der Waals surface area contributed by atoms with Crippen molar-refractivity contribution >= 4 is 11.6 Å². The van der Waals surface area contributed by atoms with Gasteiger partial charge in [-0.15, -0.1) is 0 Å². The molecule has 3 heterocycles. The Morgan fingerprint density at radius 3 is 2.60 bits per heavy atom. The van der Waals surface area contributed by atoms with Gasteiger partial charge in [-0.1, -0.05) is 6.07 Å². The van der Waals surface area contributed by atoms with E-state index in [4.69, 9.17) is 9.47 Å². The molecule has 1 aromatic carbocycles. The highest BCUT2D eigenvalue weighted by atomic mass is 19.1. The van der Waals surface area contributed by atoms with Gasteiger partial charge < -0.3 is 14.4 Å². The van der Waals surface area contributed by atoms with Gasteiger partial charge in [0.05, 0.1) is 0 Å². The molecule has 1 saturated heterocycles. The number of pyridine rings is 1. The van der Waals surface area contributed by atoms with Crippen LogP contribution in [-0.4, -0.2) is 37.1 Å². The van der Waals surface area contributed by atoms with Gasteiger partial charge in [-0.2, -0.15) is 4.39 Å². The Kier molecular flexibility index (Phi) is 4.26. The largest absolute Gasteiger partial charge is 0.486 e. The molecule has 0 radical (unpaired) electrons. The molecular weight excluding hydrogens is 323 g/mol. The number of Topliss-reactive ketones (excluding diaryl/α,β-unsaturated/α-hetero) is 1. The number of anilines is 1. The molecular formula is C19H19FN2O3. The number of piperidine rings is 1. The van der Waals surface area contributed by atoms with Crippen LogP contribution < -0.4 is 14.4 Å². The predicted molar refractivity (Wildman–Crippen MR) is 90.9 cm³/mol.